The number of nitrogens with zero attached hydrogens (tertiary/aromatic N) is 1. The van der Waals surface area contributed by atoms with Crippen molar-refractivity contribution in [1.29, 1.82) is 0 Å². The number of amides is 2. The van der Waals surface area contributed by atoms with E-state index in [0.717, 1.165) is 25.7 Å². The van der Waals surface area contributed by atoms with E-state index in [2.05, 4.69) is 19.2 Å². The molecule has 0 saturated heterocycles. The number of hydrogen-bond donors (Lipinski definition) is 3. The Labute approximate surface area is 230 Å². The summed E-state index contributed by atoms with van der Waals surface area (Å²) in [6.45, 7) is 4.46. The molecule has 1 aliphatic heterocycles. The van der Waals surface area contributed by atoms with Gasteiger partial charge in [-0.05, 0) is 42.9 Å². The van der Waals surface area contributed by atoms with Gasteiger partial charge in [0.15, 0.2) is 11.5 Å². The maximum atomic E-state index is 13.7. The summed E-state index contributed by atoms with van der Waals surface area (Å²) in [5.41, 5.74) is 1.28. The van der Waals surface area contributed by atoms with Crippen LogP contribution in [-0.2, 0) is 9.59 Å². The van der Waals surface area contributed by atoms with Crippen molar-refractivity contribution >= 4 is 18.1 Å². The first-order chi connectivity index (χ1) is 18.8. The number of nitrogens with one attached hydrogen (secondary N) is 1. The molecule has 0 spiro atoms. The first kappa shape index (κ1) is 29.1. The second-order valence-electron chi connectivity index (χ2n) is 11.4. The van der Waals surface area contributed by atoms with Gasteiger partial charge in [0.2, 0.25) is 11.8 Å². The average molecular weight is 543 g/mol. The van der Waals surface area contributed by atoms with Crippen LogP contribution in [-0.4, -0.2) is 78.3 Å². The Balaban J connectivity index is 1.72. The number of carbonyl (C=O) groups is 3. The van der Waals surface area contributed by atoms with Crippen LogP contribution in [0.5, 0.6) is 11.5 Å². The van der Waals surface area contributed by atoms with Gasteiger partial charge in [0, 0.05) is 36.2 Å². The molecule has 4 atom stereocenters. The van der Waals surface area contributed by atoms with Crippen LogP contribution in [0.1, 0.15) is 80.6 Å². The summed E-state index contributed by atoms with van der Waals surface area (Å²) in [6, 6.07) is 2.45. The van der Waals surface area contributed by atoms with Gasteiger partial charge in [-0.25, -0.2) is 0 Å². The number of aldehydes is 1. The first-order valence-electron chi connectivity index (χ1n) is 14.2. The highest BCUT2D eigenvalue weighted by Crippen LogP contribution is 2.51. The lowest BCUT2D eigenvalue weighted by atomic mass is 9.77. The number of carbonyl (C=O) groups excluding carboxylic acids is 3. The van der Waals surface area contributed by atoms with Gasteiger partial charge in [-0.1, -0.05) is 39.5 Å². The van der Waals surface area contributed by atoms with E-state index in [1.165, 1.54) is 20.0 Å². The molecule has 0 radical (unpaired) electrons. The molecule has 2 amide bonds. The van der Waals surface area contributed by atoms with Gasteiger partial charge in [0.1, 0.15) is 18.5 Å². The third-order valence-electron chi connectivity index (χ3n) is 8.28. The molecule has 4 unspecified atom stereocenters. The van der Waals surface area contributed by atoms with E-state index in [1.54, 1.807) is 23.1 Å². The van der Waals surface area contributed by atoms with E-state index in [9.17, 15) is 24.6 Å². The van der Waals surface area contributed by atoms with E-state index in [0.29, 0.717) is 59.3 Å². The number of fused-ring (bicyclic) bond motifs is 3. The second-order valence-corrected chi connectivity index (χ2v) is 11.4. The van der Waals surface area contributed by atoms with E-state index >= 15 is 0 Å². The molecular formula is C30H42N2O7. The van der Waals surface area contributed by atoms with Crippen LogP contribution >= 0.6 is 0 Å². The zero-order valence-corrected chi connectivity index (χ0v) is 23.2. The largest absolute Gasteiger partial charge is 0.493 e. The minimum absolute atomic E-state index is 0.0345. The fourth-order valence-corrected chi connectivity index (χ4v) is 6.17. The van der Waals surface area contributed by atoms with Gasteiger partial charge in [0.25, 0.3) is 0 Å². The summed E-state index contributed by atoms with van der Waals surface area (Å²) in [6.07, 6.45) is 7.13. The molecule has 2 aliphatic carbocycles. The smallest absolute Gasteiger partial charge is 0.247 e. The van der Waals surface area contributed by atoms with E-state index in [-0.39, 0.29) is 19.1 Å². The van der Waals surface area contributed by atoms with Crippen LogP contribution < -0.4 is 14.8 Å². The number of aliphatic hydroxyl groups is 2. The van der Waals surface area contributed by atoms with Crippen LogP contribution in [0.2, 0.25) is 0 Å². The van der Waals surface area contributed by atoms with Crippen LogP contribution in [0, 0.1) is 11.8 Å². The Bertz CT molecular complexity index is 1080. The third kappa shape index (κ3) is 6.30. The third-order valence-corrected chi connectivity index (χ3v) is 8.28. The molecule has 39 heavy (non-hydrogen) atoms. The molecule has 4 rings (SSSR count). The Hall–Kier alpha value is -2.91. The van der Waals surface area contributed by atoms with Gasteiger partial charge < -0.3 is 29.9 Å². The Kier molecular flexibility index (Phi) is 9.67. The Morgan fingerprint density at radius 2 is 2.00 bits per heavy atom. The number of benzene rings is 1. The predicted molar refractivity (Wildman–Crippen MR) is 146 cm³/mol. The molecule has 1 heterocycles. The van der Waals surface area contributed by atoms with Gasteiger partial charge in [-0.15, -0.1) is 0 Å². The van der Waals surface area contributed by atoms with Crippen molar-refractivity contribution in [3.8, 4) is 11.5 Å². The Morgan fingerprint density at radius 1 is 1.26 bits per heavy atom. The van der Waals surface area contributed by atoms with Crippen molar-refractivity contribution in [3.63, 3.8) is 0 Å². The summed E-state index contributed by atoms with van der Waals surface area (Å²) in [4.78, 5) is 40.4. The fourth-order valence-electron chi connectivity index (χ4n) is 6.17. The molecule has 1 fully saturated rings. The lowest BCUT2D eigenvalue weighted by Crippen LogP contribution is -2.56. The highest BCUT2D eigenvalue weighted by atomic mass is 16.5. The number of ether oxygens (including phenoxy) is 2. The minimum atomic E-state index is -1.11. The topological polar surface area (TPSA) is 125 Å². The van der Waals surface area contributed by atoms with Gasteiger partial charge in [0.05, 0.1) is 25.7 Å². The van der Waals surface area contributed by atoms with Crippen molar-refractivity contribution in [2.24, 2.45) is 11.8 Å². The molecule has 3 aliphatic rings. The number of methoxy groups -OCH3 is 1. The van der Waals surface area contributed by atoms with E-state index in [4.69, 9.17) is 9.47 Å². The summed E-state index contributed by atoms with van der Waals surface area (Å²) in [5, 5.41) is 23.7. The summed E-state index contributed by atoms with van der Waals surface area (Å²) in [7, 11) is 1.47. The lowest BCUT2D eigenvalue weighted by molar-refractivity contribution is -0.137. The normalized spacial score (nSPS) is 24.0. The van der Waals surface area contributed by atoms with Gasteiger partial charge in [-0.2, -0.15) is 0 Å². The zero-order chi connectivity index (χ0) is 28.1. The van der Waals surface area contributed by atoms with Crippen LogP contribution in [0.4, 0.5) is 0 Å². The van der Waals surface area contributed by atoms with Crippen molar-refractivity contribution < 1.29 is 34.1 Å². The predicted octanol–water partition coefficient (Wildman–Crippen LogP) is 2.98. The maximum Gasteiger partial charge on any atom is 0.247 e. The van der Waals surface area contributed by atoms with E-state index < -0.39 is 30.1 Å². The fraction of sp³-hybridized carbons (Fsp3) is 0.633. The molecule has 0 bridgehead atoms. The van der Waals surface area contributed by atoms with Gasteiger partial charge in [-0.3, -0.25) is 14.4 Å². The highest BCUT2D eigenvalue weighted by Gasteiger charge is 2.51. The number of rotatable bonds is 12. The summed E-state index contributed by atoms with van der Waals surface area (Å²) >= 11 is 0. The van der Waals surface area contributed by atoms with Crippen LogP contribution in [0.3, 0.4) is 0 Å². The monoisotopic (exact) mass is 542 g/mol. The molecule has 9 heteroatoms. The van der Waals surface area contributed by atoms with Crippen LogP contribution in [0.25, 0.3) is 0 Å². The molecule has 0 aromatic heterocycles. The zero-order valence-electron chi connectivity index (χ0n) is 23.2. The Morgan fingerprint density at radius 3 is 2.64 bits per heavy atom. The van der Waals surface area contributed by atoms with Crippen molar-refractivity contribution in [2.45, 2.75) is 83.0 Å². The summed E-state index contributed by atoms with van der Waals surface area (Å²) in [5.74, 6) is 0.506. The van der Waals surface area contributed by atoms with Crippen LogP contribution in [0.15, 0.2) is 23.8 Å². The van der Waals surface area contributed by atoms with E-state index in [1.807, 2.05) is 0 Å². The molecule has 9 nitrogen and oxygen atoms in total. The molecule has 1 aromatic carbocycles. The standard InChI is InChI=1S/C30H42N2O7/c1-18(2)10-12-32(25(35)9-8-19-6-4-5-7-19)23-16-22(30(37)31-11-13-33)26-21-14-20(17-34)15-24(38-3)28(21)39-29(26)27(23)36/h14-19,23,26-27,29,33,36H,4-13H2,1-3H3,(H,31,37). The average Bonchev–Trinajstić information content (AvgIpc) is 3.59. The van der Waals surface area contributed by atoms with Crippen molar-refractivity contribution in [1.82, 2.24) is 10.2 Å². The SMILES string of the molecule is COc1cc(C=O)cc2c1OC1C2C(C(=O)NCCO)=CC(N(CCC(C)C)C(=O)CCC2CCCC2)C1O. The molecule has 214 valence electrons. The second kappa shape index (κ2) is 13.0. The first-order valence-corrected chi connectivity index (χ1v) is 14.2. The lowest BCUT2D eigenvalue weighted by Gasteiger charge is -2.41. The maximum absolute atomic E-state index is 13.7. The molecular weight excluding hydrogens is 500 g/mol. The van der Waals surface area contributed by atoms with Gasteiger partial charge >= 0.3 is 0 Å². The summed E-state index contributed by atoms with van der Waals surface area (Å²) < 4.78 is 11.7. The van der Waals surface area contributed by atoms with Crippen molar-refractivity contribution in [2.75, 3.05) is 26.8 Å². The highest BCUT2D eigenvalue weighted by molar-refractivity contribution is 5.96. The minimum Gasteiger partial charge on any atom is -0.493 e. The van der Waals surface area contributed by atoms with Crippen molar-refractivity contribution in [3.05, 3.63) is 34.9 Å². The number of hydrogen-bond acceptors (Lipinski definition) is 7. The molecule has 1 aromatic rings. The molecule has 1 saturated carbocycles. The molecule has 3 N–H and O–H groups in total. The quantitative estimate of drug-likeness (QED) is 0.347. The number of aliphatic hydroxyl groups excluding tert-OH is 2.